The predicted molar refractivity (Wildman–Crippen MR) is 70.4 cm³/mol. The first kappa shape index (κ1) is 13.1. The summed E-state index contributed by atoms with van der Waals surface area (Å²) >= 11 is 0. The Hall–Kier alpha value is -2.30. The van der Waals surface area contributed by atoms with Gasteiger partial charge in [0.05, 0.1) is 17.0 Å². The summed E-state index contributed by atoms with van der Waals surface area (Å²) in [4.78, 5) is 10.8. The van der Waals surface area contributed by atoms with E-state index in [1.165, 1.54) is 0 Å². The highest BCUT2D eigenvalue weighted by atomic mass is 16.5. The molecule has 5 heteroatoms. The molecule has 0 amide bonds. The van der Waals surface area contributed by atoms with Gasteiger partial charge in [0.2, 0.25) is 0 Å². The summed E-state index contributed by atoms with van der Waals surface area (Å²) in [6, 6.07) is 6.79. The van der Waals surface area contributed by atoms with Crippen molar-refractivity contribution in [2.75, 3.05) is 0 Å². The number of carboxylic acids is 1. The third-order valence-electron chi connectivity index (χ3n) is 2.90. The van der Waals surface area contributed by atoms with Gasteiger partial charge in [-0.3, -0.25) is 4.68 Å². The van der Waals surface area contributed by atoms with E-state index in [0.717, 1.165) is 17.0 Å². The number of nitrogens with zero attached hydrogens (tertiary/aromatic N) is 2. The maximum absolute atomic E-state index is 10.8. The van der Waals surface area contributed by atoms with Gasteiger partial charge < -0.3 is 9.84 Å². The van der Waals surface area contributed by atoms with Crippen molar-refractivity contribution in [3.63, 3.8) is 0 Å². The van der Waals surface area contributed by atoms with Gasteiger partial charge in [-0.2, -0.15) is 5.10 Å². The van der Waals surface area contributed by atoms with Gasteiger partial charge in [-0.05, 0) is 43.7 Å². The number of aromatic carboxylic acids is 1. The number of aryl methyl sites for hydroxylation is 3. The lowest BCUT2D eigenvalue weighted by molar-refractivity contribution is 0.0696. The van der Waals surface area contributed by atoms with E-state index >= 15 is 0 Å². The zero-order valence-electron chi connectivity index (χ0n) is 11.2. The van der Waals surface area contributed by atoms with Gasteiger partial charge in [0.25, 0.3) is 0 Å². The third kappa shape index (κ3) is 2.93. The van der Waals surface area contributed by atoms with Crippen LogP contribution in [0.3, 0.4) is 0 Å². The van der Waals surface area contributed by atoms with Crippen LogP contribution in [0.15, 0.2) is 24.3 Å². The van der Waals surface area contributed by atoms with Gasteiger partial charge in [0.15, 0.2) is 0 Å². The maximum atomic E-state index is 10.8. The summed E-state index contributed by atoms with van der Waals surface area (Å²) in [6.45, 7) is 4.16. The van der Waals surface area contributed by atoms with Crippen molar-refractivity contribution in [3.05, 3.63) is 46.8 Å². The molecule has 19 heavy (non-hydrogen) atoms. The van der Waals surface area contributed by atoms with Crippen molar-refractivity contribution in [3.8, 4) is 5.75 Å². The molecule has 1 aromatic heterocycles. The van der Waals surface area contributed by atoms with Crippen LogP contribution < -0.4 is 4.74 Å². The number of aromatic nitrogens is 2. The molecule has 0 saturated heterocycles. The van der Waals surface area contributed by atoms with Crippen LogP contribution in [0.1, 0.15) is 27.3 Å². The molecular weight excluding hydrogens is 244 g/mol. The normalized spacial score (nSPS) is 10.5. The van der Waals surface area contributed by atoms with Crippen molar-refractivity contribution in [1.29, 1.82) is 0 Å². The number of carboxylic acid groups (broad SMARTS) is 1. The molecule has 0 radical (unpaired) electrons. The fourth-order valence-electron chi connectivity index (χ4n) is 1.90. The first-order valence-electron chi connectivity index (χ1n) is 5.93. The zero-order valence-corrected chi connectivity index (χ0v) is 11.2. The van der Waals surface area contributed by atoms with Crippen LogP contribution in [0.4, 0.5) is 0 Å². The quantitative estimate of drug-likeness (QED) is 0.916. The van der Waals surface area contributed by atoms with Crippen molar-refractivity contribution in [2.24, 2.45) is 7.05 Å². The Morgan fingerprint density at radius 3 is 2.63 bits per heavy atom. The van der Waals surface area contributed by atoms with Gasteiger partial charge in [-0.1, -0.05) is 0 Å². The molecular formula is C14H16N2O3. The Morgan fingerprint density at radius 1 is 1.37 bits per heavy atom. The van der Waals surface area contributed by atoms with Crippen molar-refractivity contribution < 1.29 is 14.6 Å². The van der Waals surface area contributed by atoms with Gasteiger partial charge in [0.1, 0.15) is 12.4 Å². The van der Waals surface area contributed by atoms with E-state index in [1.807, 2.05) is 27.0 Å². The van der Waals surface area contributed by atoms with Crippen molar-refractivity contribution in [2.45, 2.75) is 20.5 Å². The number of carbonyl (C=O) groups is 1. The molecule has 0 aliphatic carbocycles. The number of benzene rings is 1. The SMILES string of the molecule is Cc1cc(COc2ccc(C(=O)O)cc2C)n(C)n1. The molecule has 0 atom stereocenters. The number of rotatable bonds is 4. The monoisotopic (exact) mass is 260 g/mol. The molecule has 0 bridgehead atoms. The molecule has 0 aliphatic heterocycles. The van der Waals surface area contributed by atoms with Crippen LogP contribution in [-0.2, 0) is 13.7 Å². The smallest absolute Gasteiger partial charge is 0.335 e. The summed E-state index contributed by atoms with van der Waals surface area (Å²) in [5.41, 5.74) is 2.98. The minimum Gasteiger partial charge on any atom is -0.487 e. The highest BCUT2D eigenvalue weighted by molar-refractivity contribution is 5.88. The molecule has 1 aromatic carbocycles. The summed E-state index contributed by atoms with van der Waals surface area (Å²) in [6.07, 6.45) is 0. The molecule has 0 unspecified atom stereocenters. The van der Waals surface area contributed by atoms with Crippen LogP contribution in [0, 0.1) is 13.8 Å². The summed E-state index contributed by atoms with van der Waals surface area (Å²) in [5, 5.41) is 13.1. The van der Waals surface area contributed by atoms with Gasteiger partial charge in [-0.25, -0.2) is 4.79 Å². The Bertz CT molecular complexity index is 617. The summed E-state index contributed by atoms with van der Waals surface area (Å²) < 4.78 is 7.47. The lowest BCUT2D eigenvalue weighted by atomic mass is 10.1. The Labute approximate surface area is 111 Å². The second-order valence-corrected chi connectivity index (χ2v) is 4.47. The summed E-state index contributed by atoms with van der Waals surface area (Å²) in [5.74, 6) is -0.249. The molecule has 0 saturated carbocycles. The summed E-state index contributed by atoms with van der Waals surface area (Å²) in [7, 11) is 1.87. The first-order valence-corrected chi connectivity index (χ1v) is 5.93. The minimum absolute atomic E-state index is 0.265. The molecule has 2 rings (SSSR count). The van der Waals surface area contributed by atoms with Crippen LogP contribution in [0.25, 0.3) is 0 Å². The molecule has 0 fully saturated rings. The number of hydrogen-bond acceptors (Lipinski definition) is 3. The van der Waals surface area contributed by atoms with Crippen LogP contribution in [0.5, 0.6) is 5.75 Å². The molecule has 1 heterocycles. The molecule has 5 nitrogen and oxygen atoms in total. The predicted octanol–water partition coefficient (Wildman–Crippen LogP) is 2.31. The second-order valence-electron chi connectivity index (χ2n) is 4.47. The van der Waals surface area contributed by atoms with E-state index in [2.05, 4.69) is 5.10 Å². The van der Waals surface area contributed by atoms with Gasteiger partial charge >= 0.3 is 5.97 Å². The van der Waals surface area contributed by atoms with E-state index in [1.54, 1.807) is 22.9 Å². The standard InChI is InChI=1S/C14H16N2O3/c1-9-6-11(14(17)18)4-5-13(9)19-8-12-7-10(2)15-16(12)3/h4-7H,8H2,1-3H3,(H,17,18). The maximum Gasteiger partial charge on any atom is 0.335 e. The minimum atomic E-state index is -0.933. The number of ether oxygens (including phenoxy) is 1. The lowest BCUT2D eigenvalue weighted by Gasteiger charge is -2.09. The van der Waals surface area contributed by atoms with E-state index < -0.39 is 5.97 Å². The average molecular weight is 260 g/mol. The van der Waals surface area contributed by atoms with E-state index in [4.69, 9.17) is 9.84 Å². The first-order chi connectivity index (χ1) is 8.97. The Morgan fingerprint density at radius 2 is 2.11 bits per heavy atom. The van der Waals surface area contributed by atoms with Gasteiger partial charge in [0, 0.05) is 7.05 Å². The molecule has 100 valence electrons. The van der Waals surface area contributed by atoms with Gasteiger partial charge in [-0.15, -0.1) is 0 Å². The van der Waals surface area contributed by atoms with Crippen LogP contribution in [-0.4, -0.2) is 20.9 Å². The fourth-order valence-corrected chi connectivity index (χ4v) is 1.90. The van der Waals surface area contributed by atoms with E-state index in [0.29, 0.717) is 12.4 Å². The molecule has 1 N–H and O–H groups in total. The van der Waals surface area contributed by atoms with Crippen molar-refractivity contribution in [1.82, 2.24) is 9.78 Å². The lowest BCUT2D eigenvalue weighted by Crippen LogP contribution is -2.04. The fraction of sp³-hybridized carbons (Fsp3) is 0.286. The molecule has 0 aliphatic rings. The Kier molecular flexibility index (Phi) is 3.55. The Balaban J connectivity index is 2.12. The van der Waals surface area contributed by atoms with Crippen molar-refractivity contribution >= 4 is 5.97 Å². The van der Waals surface area contributed by atoms with Crippen LogP contribution in [0.2, 0.25) is 0 Å². The van der Waals surface area contributed by atoms with E-state index in [9.17, 15) is 4.79 Å². The third-order valence-corrected chi connectivity index (χ3v) is 2.90. The van der Waals surface area contributed by atoms with Crippen LogP contribution >= 0.6 is 0 Å². The zero-order chi connectivity index (χ0) is 14.0. The molecule has 0 spiro atoms. The molecule has 2 aromatic rings. The topological polar surface area (TPSA) is 64.3 Å². The second kappa shape index (κ2) is 5.14. The highest BCUT2D eigenvalue weighted by Gasteiger charge is 2.08. The largest absolute Gasteiger partial charge is 0.487 e. The number of hydrogen-bond donors (Lipinski definition) is 1. The highest BCUT2D eigenvalue weighted by Crippen LogP contribution is 2.20. The average Bonchev–Trinajstić information content (AvgIpc) is 2.66. The van der Waals surface area contributed by atoms with E-state index in [-0.39, 0.29) is 5.56 Å².